The number of rotatable bonds is 4. The van der Waals surface area contributed by atoms with E-state index in [0.717, 1.165) is 38.7 Å². The summed E-state index contributed by atoms with van der Waals surface area (Å²) in [5.74, 6) is 0.746. The van der Waals surface area contributed by atoms with Crippen LogP contribution in [0, 0.1) is 5.41 Å². The Hall–Kier alpha value is -1.30. The number of aliphatic imine (C=N–C) groups is 1. The van der Waals surface area contributed by atoms with Crippen LogP contribution in [0.5, 0.6) is 0 Å². The van der Waals surface area contributed by atoms with Gasteiger partial charge in [0.15, 0.2) is 5.96 Å². The second kappa shape index (κ2) is 6.07. The number of nitrogens with zero attached hydrogens (tertiary/aromatic N) is 3. The average molecular weight is 309 g/mol. The summed E-state index contributed by atoms with van der Waals surface area (Å²) < 4.78 is 0. The largest absolute Gasteiger partial charge is 0.368 e. The highest BCUT2D eigenvalue weighted by Gasteiger charge is 2.46. The third-order valence-electron chi connectivity index (χ3n) is 5.10. The number of carbonyl (C=O) groups excluding carboxylic acids is 1. The van der Waals surface area contributed by atoms with Crippen molar-refractivity contribution in [3.05, 3.63) is 0 Å². The average Bonchev–Trinajstić information content (AvgIpc) is 3.05. The molecule has 1 unspecified atom stereocenters. The van der Waals surface area contributed by atoms with E-state index in [1.165, 1.54) is 6.42 Å². The van der Waals surface area contributed by atoms with Gasteiger partial charge >= 0.3 is 0 Å². The number of hydrogen-bond acceptors (Lipinski definition) is 3. The number of nitrogens with one attached hydrogen (secondary N) is 1. The maximum absolute atomic E-state index is 11.6. The molecule has 1 saturated heterocycles. The van der Waals surface area contributed by atoms with E-state index in [-0.39, 0.29) is 5.91 Å². The van der Waals surface area contributed by atoms with Gasteiger partial charge in [0.2, 0.25) is 5.91 Å². The zero-order valence-electron chi connectivity index (χ0n) is 14.6. The van der Waals surface area contributed by atoms with Crippen molar-refractivity contribution >= 4 is 11.9 Å². The molecule has 1 heterocycles. The fourth-order valence-corrected chi connectivity index (χ4v) is 2.89. The van der Waals surface area contributed by atoms with Gasteiger partial charge in [-0.3, -0.25) is 14.7 Å². The molecule has 22 heavy (non-hydrogen) atoms. The van der Waals surface area contributed by atoms with Crippen molar-refractivity contribution in [2.45, 2.75) is 52.6 Å². The minimum absolute atomic E-state index is 0.263. The number of hydrogen-bond donors (Lipinski definition) is 2. The monoisotopic (exact) mass is 309 g/mol. The molecule has 3 N–H and O–H groups in total. The molecule has 0 spiro atoms. The van der Waals surface area contributed by atoms with Gasteiger partial charge in [0.25, 0.3) is 0 Å². The summed E-state index contributed by atoms with van der Waals surface area (Å²) in [5, 5.41) is 3.59. The predicted molar refractivity (Wildman–Crippen MR) is 89.7 cm³/mol. The summed E-state index contributed by atoms with van der Waals surface area (Å²) in [7, 11) is 0. The standard InChI is InChI=1S/C16H31N5O/c1-6-18-14(19-12-11-15(12,2)3)20-7-9-21(10-8-20)16(4,5)13(17)22/h12H,6-11H2,1-5H3,(H2,17,22)(H,18,19). The van der Waals surface area contributed by atoms with E-state index in [9.17, 15) is 4.79 Å². The van der Waals surface area contributed by atoms with E-state index in [0.29, 0.717) is 11.5 Å². The molecule has 1 saturated carbocycles. The van der Waals surface area contributed by atoms with Crippen LogP contribution in [-0.2, 0) is 4.79 Å². The number of carbonyl (C=O) groups is 1. The van der Waals surface area contributed by atoms with Crippen LogP contribution in [-0.4, -0.2) is 66.0 Å². The van der Waals surface area contributed by atoms with Gasteiger partial charge in [-0.05, 0) is 32.6 Å². The van der Waals surface area contributed by atoms with Crippen LogP contribution in [0.3, 0.4) is 0 Å². The van der Waals surface area contributed by atoms with Gasteiger partial charge in [-0.1, -0.05) is 13.8 Å². The first-order chi connectivity index (χ1) is 10.2. The van der Waals surface area contributed by atoms with E-state index in [1.54, 1.807) is 0 Å². The van der Waals surface area contributed by atoms with E-state index in [4.69, 9.17) is 5.73 Å². The van der Waals surface area contributed by atoms with Crippen LogP contribution in [0.25, 0.3) is 0 Å². The lowest BCUT2D eigenvalue weighted by Gasteiger charge is -2.43. The van der Waals surface area contributed by atoms with Gasteiger partial charge in [-0.15, -0.1) is 0 Å². The first-order valence-electron chi connectivity index (χ1n) is 8.29. The molecular weight excluding hydrogens is 278 g/mol. The third-order valence-corrected chi connectivity index (χ3v) is 5.10. The number of nitrogens with two attached hydrogens (primary N) is 1. The van der Waals surface area contributed by atoms with E-state index in [2.05, 4.69) is 40.9 Å². The molecule has 126 valence electrons. The molecule has 0 bridgehead atoms. The minimum Gasteiger partial charge on any atom is -0.368 e. The van der Waals surface area contributed by atoms with Crippen molar-refractivity contribution in [3.8, 4) is 0 Å². The zero-order valence-corrected chi connectivity index (χ0v) is 14.6. The van der Waals surface area contributed by atoms with Gasteiger partial charge < -0.3 is 16.0 Å². The maximum atomic E-state index is 11.6. The Morgan fingerprint density at radius 2 is 1.86 bits per heavy atom. The number of guanidine groups is 1. The molecule has 0 aromatic carbocycles. The highest BCUT2D eigenvalue weighted by Crippen LogP contribution is 2.44. The van der Waals surface area contributed by atoms with Crippen molar-refractivity contribution in [3.63, 3.8) is 0 Å². The Morgan fingerprint density at radius 1 is 1.32 bits per heavy atom. The van der Waals surface area contributed by atoms with Crippen LogP contribution >= 0.6 is 0 Å². The highest BCUT2D eigenvalue weighted by atomic mass is 16.1. The normalized spacial score (nSPS) is 26.0. The van der Waals surface area contributed by atoms with Gasteiger partial charge in [-0.2, -0.15) is 0 Å². The molecule has 6 heteroatoms. The summed E-state index contributed by atoms with van der Waals surface area (Å²) in [5.41, 5.74) is 5.31. The fraction of sp³-hybridized carbons (Fsp3) is 0.875. The number of piperazine rings is 1. The van der Waals surface area contributed by atoms with E-state index in [1.807, 2.05) is 13.8 Å². The molecule has 1 aliphatic heterocycles. The first kappa shape index (κ1) is 17.1. The summed E-state index contributed by atoms with van der Waals surface area (Å²) in [6, 6.07) is 0.526. The molecule has 0 aromatic rings. The molecule has 6 nitrogen and oxygen atoms in total. The van der Waals surface area contributed by atoms with Gasteiger partial charge in [-0.25, -0.2) is 0 Å². The Bertz CT molecular complexity index is 449. The quantitative estimate of drug-likeness (QED) is 0.590. The van der Waals surface area contributed by atoms with Crippen LogP contribution in [0.15, 0.2) is 4.99 Å². The fourth-order valence-electron chi connectivity index (χ4n) is 2.89. The van der Waals surface area contributed by atoms with E-state index >= 15 is 0 Å². The van der Waals surface area contributed by atoms with E-state index < -0.39 is 5.54 Å². The molecule has 0 radical (unpaired) electrons. The molecule has 0 aromatic heterocycles. The lowest BCUT2D eigenvalue weighted by Crippen LogP contribution is -2.61. The number of amides is 1. The van der Waals surface area contributed by atoms with Crippen molar-refractivity contribution in [1.29, 1.82) is 0 Å². The van der Waals surface area contributed by atoms with Crippen molar-refractivity contribution < 1.29 is 4.79 Å². The summed E-state index contributed by atoms with van der Waals surface area (Å²) in [4.78, 5) is 20.7. The Labute approximate surface area is 134 Å². The molecule has 1 aliphatic carbocycles. The van der Waals surface area contributed by atoms with Crippen molar-refractivity contribution in [1.82, 2.24) is 15.1 Å². The van der Waals surface area contributed by atoms with Crippen LogP contribution in [0.4, 0.5) is 0 Å². The topological polar surface area (TPSA) is 74.0 Å². The van der Waals surface area contributed by atoms with Crippen LogP contribution in [0.1, 0.15) is 41.0 Å². The first-order valence-corrected chi connectivity index (χ1v) is 8.29. The SMILES string of the molecule is CCN=C(NC1CC1(C)C)N1CCN(C(C)(C)C(N)=O)CC1. The Balaban J connectivity index is 1.94. The Kier molecular flexibility index (Phi) is 4.70. The Morgan fingerprint density at radius 3 is 2.27 bits per heavy atom. The zero-order chi connectivity index (χ0) is 16.5. The second-order valence-electron chi connectivity index (χ2n) is 7.58. The van der Waals surface area contributed by atoms with Gasteiger partial charge in [0, 0.05) is 38.8 Å². The molecule has 2 fully saturated rings. The third kappa shape index (κ3) is 3.54. The smallest absolute Gasteiger partial charge is 0.237 e. The molecule has 1 atom stereocenters. The van der Waals surface area contributed by atoms with Gasteiger partial charge in [0.1, 0.15) is 0 Å². The summed E-state index contributed by atoms with van der Waals surface area (Å²) >= 11 is 0. The molecule has 1 amide bonds. The highest BCUT2D eigenvalue weighted by molar-refractivity contribution is 5.84. The minimum atomic E-state index is -0.583. The number of primary amides is 1. The van der Waals surface area contributed by atoms with Crippen molar-refractivity contribution in [2.75, 3.05) is 32.7 Å². The molecule has 2 aliphatic rings. The predicted octanol–water partition coefficient (Wildman–Crippen LogP) is 0.632. The van der Waals surface area contributed by atoms with Crippen LogP contribution < -0.4 is 11.1 Å². The maximum Gasteiger partial charge on any atom is 0.237 e. The lowest BCUT2D eigenvalue weighted by molar-refractivity contribution is -0.129. The molecular formula is C16H31N5O. The lowest BCUT2D eigenvalue weighted by atomic mass is 10.0. The molecule has 2 rings (SSSR count). The van der Waals surface area contributed by atoms with Crippen LogP contribution in [0.2, 0.25) is 0 Å². The summed E-state index contributed by atoms with van der Waals surface area (Å²) in [6.45, 7) is 14.6. The summed E-state index contributed by atoms with van der Waals surface area (Å²) in [6.07, 6.45) is 1.20. The van der Waals surface area contributed by atoms with Crippen molar-refractivity contribution in [2.24, 2.45) is 16.1 Å². The second-order valence-corrected chi connectivity index (χ2v) is 7.58. The van der Waals surface area contributed by atoms with Gasteiger partial charge in [0.05, 0.1) is 5.54 Å².